The Bertz CT molecular complexity index is 494. The largest absolute Gasteiger partial charge is 0.356 e. The first kappa shape index (κ1) is 19.0. The maximum atomic E-state index is 11.6. The molecule has 0 saturated heterocycles. The van der Waals surface area contributed by atoms with Crippen molar-refractivity contribution < 1.29 is 4.79 Å². The van der Waals surface area contributed by atoms with E-state index >= 15 is 0 Å². The van der Waals surface area contributed by atoms with Gasteiger partial charge in [-0.2, -0.15) is 0 Å². The molecule has 0 atom stereocenters. The monoisotopic (exact) mass is 318 g/mol. The van der Waals surface area contributed by atoms with Gasteiger partial charge in [-0.3, -0.25) is 4.79 Å². The number of nitrogens with zero attached hydrogens (tertiary/aromatic N) is 2. The lowest BCUT2D eigenvalue weighted by Crippen LogP contribution is -2.39. The summed E-state index contributed by atoms with van der Waals surface area (Å²) < 4.78 is 0. The molecule has 0 bridgehead atoms. The molecule has 0 saturated carbocycles. The summed E-state index contributed by atoms with van der Waals surface area (Å²) in [6.45, 7) is 6.34. The number of carbonyl (C=O) groups is 1. The van der Waals surface area contributed by atoms with Crippen molar-refractivity contribution in [3.8, 4) is 0 Å². The Balaban J connectivity index is 2.54. The third-order valence-electron chi connectivity index (χ3n) is 3.49. The van der Waals surface area contributed by atoms with Crippen LogP contribution in [0.3, 0.4) is 0 Å². The van der Waals surface area contributed by atoms with Crippen LogP contribution in [0.5, 0.6) is 0 Å². The van der Waals surface area contributed by atoms with Crippen LogP contribution in [0, 0.1) is 6.92 Å². The molecule has 0 heterocycles. The molecule has 1 rings (SSSR count). The fourth-order valence-electron chi connectivity index (χ4n) is 1.93. The summed E-state index contributed by atoms with van der Waals surface area (Å²) >= 11 is 0. The van der Waals surface area contributed by atoms with Crippen LogP contribution < -0.4 is 10.6 Å². The van der Waals surface area contributed by atoms with Gasteiger partial charge in [0, 0.05) is 33.6 Å². The zero-order valence-corrected chi connectivity index (χ0v) is 14.9. The van der Waals surface area contributed by atoms with Gasteiger partial charge in [0.15, 0.2) is 5.96 Å². The second-order valence-corrected chi connectivity index (χ2v) is 5.90. The minimum absolute atomic E-state index is 0.115. The molecule has 0 radical (unpaired) electrons. The summed E-state index contributed by atoms with van der Waals surface area (Å²) in [7, 11) is 3.54. The van der Waals surface area contributed by atoms with Crippen molar-refractivity contribution in [1.29, 1.82) is 0 Å². The van der Waals surface area contributed by atoms with Crippen LogP contribution in [0.1, 0.15) is 37.3 Å². The first-order valence-electron chi connectivity index (χ1n) is 8.30. The van der Waals surface area contributed by atoms with Crippen molar-refractivity contribution in [3.63, 3.8) is 0 Å². The van der Waals surface area contributed by atoms with Crippen LogP contribution >= 0.6 is 0 Å². The normalized spacial score (nSPS) is 11.2. The number of aliphatic imine (C=N–C) groups is 1. The summed E-state index contributed by atoms with van der Waals surface area (Å²) in [5.74, 6) is 0.884. The molecule has 1 aromatic carbocycles. The molecule has 0 aliphatic rings. The van der Waals surface area contributed by atoms with Crippen molar-refractivity contribution in [2.45, 2.75) is 39.7 Å². The lowest BCUT2D eigenvalue weighted by atomic mass is 10.1. The summed E-state index contributed by atoms with van der Waals surface area (Å²) in [5, 5.41) is 6.56. The van der Waals surface area contributed by atoms with Gasteiger partial charge in [0.25, 0.3) is 0 Å². The van der Waals surface area contributed by atoms with Gasteiger partial charge >= 0.3 is 0 Å². The second-order valence-electron chi connectivity index (χ2n) is 5.90. The highest BCUT2D eigenvalue weighted by Gasteiger charge is 2.04. The average molecular weight is 318 g/mol. The Morgan fingerprint density at radius 1 is 1.13 bits per heavy atom. The van der Waals surface area contributed by atoms with Crippen LogP contribution in [0.15, 0.2) is 29.3 Å². The molecule has 1 aromatic rings. The van der Waals surface area contributed by atoms with E-state index in [0.29, 0.717) is 19.5 Å². The number of amides is 1. The van der Waals surface area contributed by atoms with Crippen LogP contribution in [0.2, 0.25) is 0 Å². The fourth-order valence-corrected chi connectivity index (χ4v) is 1.93. The van der Waals surface area contributed by atoms with Gasteiger partial charge in [-0.1, -0.05) is 43.2 Å². The van der Waals surface area contributed by atoms with E-state index in [4.69, 9.17) is 0 Å². The molecule has 128 valence electrons. The number of aryl methyl sites for hydroxylation is 1. The van der Waals surface area contributed by atoms with Gasteiger partial charge < -0.3 is 15.5 Å². The van der Waals surface area contributed by atoms with Crippen molar-refractivity contribution in [2.24, 2.45) is 4.99 Å². The van der Waals surface area contributed by atoms with E-state index in [1.54, 1.807) is 19.0 Å². The quantitative estimate of drug-likeness (QED) is 0.439. The first-order chi connectivity index (χ1) is 11.0. The lowest BCUT2D eigenvalue weighted by molar-refractivity contribution is -0.128. The lowest BCUT2D eigenvalue weighted by Gasteiger charge is -2.14. The van der Waals surface area contributed by atoms with Crippen LogP contribution in [0.25, 0.3) is 0 Å². The summed E-state index contributed by atoms with van der Waals surface area (Å²) in [6, 6.07) is 8.38. The van der Waals surface area contributed by atoms with Gasteiger partial charge in [0.05, 0.1) is 6.54 Å². The van der Waals surface area contributed by atoms with E-state index in [-0.39, 0.29) is 5.91 Å². The highest BCUT2D eigenvalue weighted by molar-refractivity contribution is 5.81. The molecule has 0 fully saturated rings. The summed E-state index contributed by atoms with van der Waals surface area (Å²) in [4.78, 5) is 17.8. The molecular formula is C18H30N4O. The van der Waals surface area contributed by atoms with E-state index in [2.05, 4.69) is 53.7 Å². The smallest absolute Gasteiger partial charge is 0.223 e. The predicted molar refractivity (Wildman–Crippen MR) is 96.5 cm³/mol. The zero-order valence-electron chi connectivity index (χ0n) is 14.9. The standard InChI is InChI=1S/C18H30N4O/c1-5-6-12-19-18(20-13-11-17(23)22(3)4)21-14-16-9-7-15(2)8-10-16/h7-10H,5-6,11-14H2,1-4H3,(H2,19,20,21). The Kier molecular flexibility index (Phi) is 8.80. The average Bonchev–Trinajstić information content (AvgIpc) is 2.53. The van der Waals surface area contributed by atoms with Crippen LogP contribution in [-0.2, 0) is 11.3 Å². The van der Waals surface area contributed by atoms with E-state index in [9.17, 15) is 4.79 Å². The highest BCUT2D eigenvalue weighted by Crippen LogP contribution is 2.04. The van der Waals surface area contributed by atoms with Crippen LogP contribution in [0.4, 0.5) is 0 Å². The minimum Gasteiger partial charge on any atom is -0.356 e. The second kappa shape index (κ2) is 10.6. The van der Waals surface area contributed by atoms with Crippen molar-refractivity contribution in [1.82, 2.24) is 15.5 Å². The Morgan fingerprint density at radius 2 is 1.78 bits per heavy atom. The number of hydrogen-bond acceptors (Lipinski definition) is 2. The molecule has 0 aromatic heterocycles. The molecule has 0 unspecified atom stereocenters. The SMILES string of the molecule is CCCCNC(=NCc1ccc(C)cc1)NCCC(=O)N(C)C. The van der Waals surface area contributed by atoms with Crippen LogP contribution in [-0.4, -0.2) is 44.0 Å². The third kappa shape index (κ3) is 8.24. The summed E-state index contributed by atoms with van der Waals surface area (Å²) in [5.41, 5.74) is 2.43. The van der Waals surface area contributed by atoms with Crippen molar-refractivity contribution >= 4 is 11.9 Å². The van der Waals surface area contributed by atoms with Gasteiger partial charge in [-0.05, 0) is 18.9 Å². The Morgan fingerprint density at radius 3 is 2.39 bits per heavy atom. The topological polar surface area (TPSA) is 56.7 Å². The number of hydrogen-bond donors (Lipinski definition) is 2. The molecule has 23 heavy (non-hydrogen) atoms. The van der Waals surface area contributed by atoms with Gasteiger partial charge in [-0.15, -0.1) is 0 Å². The Hall–Kier alpha value is -2.04. The maximum Gasteiger partial charge on any atom is 0.223 e. The van der Waals surface area contributed by atoms with E-state index in [1.165, 1.54) is 11.1 Å². The molecule has 2 N–H and O–H groups in total. The zero-order chi connectivity index (χ0) is 17.1. The number of benzene rings is 1. The molecule has 5 nitrogen and oxygen atoms in total. The minimum atomic E-state index is 0.115. The number of guanidine groups is 1. The molecule has 0 aliphatic heterocycles. The third-order valence-corrected chi connectivity index (χ3v) is 3.49. The molecule has 5 heteroatoms. The maximum absolute atomic E-state index is 11.6. The summed E-state index contributed by atoms with van der Waals surface area (Å²) in [6.07, 6.45) is 2.70. The molecule has 0 spiro atoms. The molecule has 0 aliphatic carbocycles. The Labute approximate surface area is 140 Å². The van der Waals surface area contributed by atoms with Crippen molar-refractivity contribution in [3.05, 3.63) is 35.4 Å². The van der Waals surface area contributed by atoms with Gasteiger partial charge in [0.1, 0.15) is 0 Å². The van der Waals surface area contributed by atoms with E-state index in [1.807, 2.05) is 0 Å². The van der Waals surface area contributed by atoms with Gasteiger partial charge in [0.2, 0.25) is 5.91 Å². The van der Waals surface area contributed by atoms with Gasteiger partial charge in [-0.25, -0.2) is 4.99 Å². The number of unbranched alkanes of at least 4 members (excludes halogenated alkanes) is 1. The van der Waals surface area contributed by atoms with Crippen molar-refractivity contribution in [2.75, 3.05) is 27.2 Å². The molecule has 1 amide bonds. The first-order valence-corrected chi connectivity index (χ1v) is 8.30. The number of rotatable bonds is 8. The highest BCUT2D eigenvalue weighted by atomic mass is 16.2. The predicted octanol–water partition coefficient (Wildman–Crippen LogP) is 2.31. The van der Waals surface area contributed by atoms with E-state index < -0.39 is 0 Å². The molecular weight excluding hydrogens is 288 g/mol. The van der Waals surface area contributed by atoms with E-state index in [0.717, 1.165) is 25.3 Å². The number of nitrogens with one attached hydrogen (secondary N) is 2. The fraction of sp³-hybridized carbons (Fsp3) is 0.556. The number of carbonyl (C=O) groups excluding carboxylic acids is 1.